The number of hydrogen-bond acceptors (Lipinski definition) is 4. The van der Waals surface area contributed by atoms with Crippen LogP contribution in [0.2, 0.25) is 0 Å². The third-order valence-electron chi connectivity index (χ3n) is 11.4. The van der Waals surface area contributed by atoms with Gasteiger partial charge in [-0.05, 0) is 88.0 Å². The molecule has 1 aliphatic heterocycles. The van der Waals surface area contributed by atoms with E-state index in [4.69, 9.17) is 9.47 Å². The highest BCUT2D eigenvalue weighted by Crippen LogP contribution is 2.73. The zero-order chi connectivity index (χ0) is 24.2. The molecule has 4 nitrogen and oxygen atoms in total. The lowest BCUT2D eigenvalue weighted by Gasteiger charge is -2.65. The molecule has 5 aliphatic rings. The summed E-state index contributed by atoms with van der Waals surface area (Å²) in [7, 11) is 1.55. The smallest absolute Gasteiger partial charge is 0.312 e. The fourth-order valence-electron chi connectivity index (χ4n) is 9.05. The van der Waals surface area contributed by atoms with Gasteiger partial charge in [0.15, 0.2) is 0 Å². The Hall–Kier alpha value is -1.58. The summed E-state index contributed by atoms with van der Waals surface area (Å²) in [6.45, 7) is 15.8. The highest BCUT2D eigenvalue weighted by molar-refractivity contribution is 5.81. The maximum Gasteiger partial charge on any atom is 0.312 e. The molecule has 1 heterocycles. The summed E-state index contributed by atoms with van der Waals surface area (Å²) in [5.41, 5.74) is 1.37. The van der Waals surface area contributed by atoms with E-state index in [2.05, 4.69) is 60.6 Å². The average molecular weight is 455 g/mol. The van der Waals surface area contributed by atoms with Crippen molar-refractivity contribution in [3.8, 4) is 0 Å². The molecule has 1 saturated heterocycles. The molecule has 3 saturated carbocycles. The Kier molecular flexibility index (Phi) is 4.60. The van der Waals surface area contributed by atoms with Crippen LogP contribution in [0.25, 0.3) is 0 Å². The summed E-state index contributed by atoms with van der Waals surface area (Å²) in [6.07, 6.45) is 11.5. The monoisotopic (exact) mass is 454 g/mol. The van der Waals surface area contributed by atoms with Gasteiger partial charge in [0.1, 0.15) is 5.60 Å². The summed E-state index contributed by atoms with van der Waals surface area (Å²) in [5.74, 6) is 0.312. The van der Waals surface area contributed by atoms with Crippen LogP contribution in [0.4, 0.5) is 0 Å². The minimum Gasteiger partial charge on any atom is -0.469 e. The number of rotatable bonds is 1. The molecule has 0 spiro atoms. The van der Waals surface area contributed by atoms with Crippen molar-refractivity contribution in [2.24, 2.45) is 38.9 Å². The van der Waals surface area contributed by atoms with Crippen LogP contribution in [-0.4, -0.2) is 24.6 Å². The Bertz CT molecular complexity index is 986. The SMILES string of the molecule is COC(=O)[C@]12CCC(C)(C)C[C@H]1C1=CC=C3[C@]4(C)OC(=O)C(C)(C)[C@@H]4CC[C@@]3(C)[C@]1(C)CC2. The number of fused-ring (bicyclic) bond motifs is 7. The van der Waals surface area contributed by atoms with Gasteiger partial charge in [-0.3, -0.25) is 9.59 Å². The third kappa shape index (κ3) is 2.64. The molecule has 0 bridgehead atoms. The number of carbonyl (C=O) groups is 2. The molecule has 4 aliphatic carbocycles. The van der Waals surface area contributed by atoms with Crippen LogP contribution in [0, 0.1) is 38.9 Å². The fraction of sp³-hybridized carbons (Fsp3) is 0.793. The second-order valence-corrected chi connectivity index (χ2v) is 13.7. The van der Waals surface area contributed by atoms with Crippen LogP contribution < -0.4 is 0 Å². The van der Waals surface area contributed by atoms with Crippen molar-refractivity contribution in [3.63, 3.8) is 0 Å². The molecule has 0 N–H and O–H groups in total. The van der Waals surface area contributed by atoms with Gasteiger partial charge in [0.2, 0.25) is 0 Å². The maximum atomic E-state index is 13.3. The predicted molar refractivity (Wildman–Crippen MR) is 128 cm³/mol. The zero-order valence-electron chi connectivity index (χ0n) is 21.9. The van der Waals surface area contributed by atoms with E-state index in [-0.39, 0.29) is 40.0 Å². The van der Waals surface area contributed by atoms with Gasteiger partial charge in [-0.25, -0.2) is 0 Å². The molecule has 0 amide bonds. The van der Waals surface area contributed by atoms with Crippen molar-refractivity contribution in [1.82, 2.24) is 0 Å². The first kappa shape index (κ1) is 23.2. The van der Waals surface area contributed by atoms with E-state index in [0.717, 1.165) is 44.9 Å². The van der Waals surface area contributed by atoms with Crippen molar-refractivity contribution in [1.29, 1.82) is 0 Å². The van der Waals surface area contributed by atoms with E-state index in [1.165, 1.54) is 11.1 Å². The second-order valence-electron chi connectivity index (χ2n) is 13.7. The second kappa shape index (κ2) is 6.55. The van der Waals surface area contributed by atoms with Gasteiger partial charge in [-0.2, -0.15) is 0 Å². The molecule has 5 rings (SSSR count). The minimum absolute atomic E-state index is 0.0203. The highest BCUT2D eigenvalue weighted by Gasteiger charge is 2.70. The lowest BCUT2D eigenvalue weighted by atomic mass is 9.39. The minimum atomic E-state index is -0.554. The van der Waals surface area contributed by atoms with Gasteiger partial charge in [-0.15, -0.1) is 0 Å². The van der Waals surface area contributed by atoms with Gasteiger partial charge < -0.3 is 9.47 Å². The van der Waals surface area contributed by atoms with Gasteiger partial charge in [0, 0.05) is 11.3 Å². The predicted octanol–water partition coefficient (Wildman–Crippen LogP) is 6.40. The maximum absolute atomic E-state index is 13.3. The topological polar surface area (TPSA) is 52.6 Å². The summed E-state index contributed by atoms with van der Waals surface area (Å²) >= 11 is 0. The van der Waals surface area contributed by atoms with Crippen LogP contribution in [0.15, 0.2) is 23.3 Å². The quantitative estimate of drug-likeness (QED) is 0.430. The lowest BCUT2D eigenvalue weighted by molar-refractivity contribution is -0.167. The van der Waals surface area contributed by atoms with Crippen LogP contribution in [0.1, 0.15) is 93.4 Å². The third-order valence-corrected chi connectivity index (χ3v) is 11.4. The van der Waals surface area contributed by atoms with Gasteiger partial charge in [-0.1, -0.05) is 45.4 Å². The van der Waals surface area contributed by atoms with Gasteiger partial charge >= 0.3 is 11.9 Å². The molecular formula is C29H42O4. The first-order chi connectivity index (χ1) is 15.2. The average Bonchev–Trinajstić information content (AvgIpc) is 2.91. The highest BCUT2D eigenvalue weighted by atomic mass is 16.6. The molecule has 0 aromatic carbocycles. The molecule has 0 radical (unpaired) electrons. The van der Waals surface area contributed by atoms with E-state index in [1.54, 1.807) is 7.11 Å². The molecule has 0 aromatic rings. The summed E-state index contributed by atoms with van der Waals surface area (Å²) in [4.78, 5) is 26.2. The van der Waals surface area contributed by atoms with Crippen molar-refractivity contribution < 1.29 is 19.1 Å². The van der Waals surface area contributed by atoms with E-state index in [9.17, 15) is 9.59 Å². The molecule has 182 valence electrons. The number of hydrogen-bond donors (Lipinski definition) is 0. The van der Waals surface area contributed by atoms with Crippen molar-refractivity contribution in [2.75, 3.05) is 7.11 Å². The van der Waals surface area contributed by atoms with E-state index >= 15 is 0 Å². The standard InChI is InChI=1S/C29H42O4/c1-24(2)13-15-29(23(31)32-8)16-14-26(5)18(19(29)17-24)9-10-21-27(26,6)12-11-20-25(3,4)22(30)33-28(20,21)7/h9-10,19-20H,11-17H2,1-8H3/t19-,20-,26+,27+,28+,29-/m0/s1. The zero-order valence-corrected chi connectivity index (χ0v) is 21.9. The summed E-state index contributed by atoms with van der Waals surface area (Å²) in [6, 6.07) is 0. The van der Waals surface area contributed by atoms with Crippen molar-refractivity contribution >= 4 is 11.9 Å². The van der Waals surface area contributed by atoms with Crippen LogP contribution in [-0.2, 0) is 19.1 Å². The van der Waals surface area contributed by atoms with Gasteiger partial charge in [0.25, 0.3) is 0 Å². The Balaban J connectivity index is 1.67. The Morgan fingerprint density at radius 2 is 1.61 bits per heavy atom. The van der Waals surface area contributed by atoms with Crippen molar-refractivity contribution in [3.05, 3.63) is 23.3 Å². The number of ether oxygens (including phenoxy) is 2. The molecule has 4 fully saturated rings. The van der Waals surface area contributed by atoms with Gasteiger partial charge in [0.05, 0.1) is 17.9 Å². The molecular weight excluding hydrogens is 412 g/mol. The number of carbonyl (C=O) groups excluding carboxylic acids is 2. The van der Waals surface area contributed by atoms with Crippen LogP contribution in [0.3, 0.4) is 0 Å². The largest absolute Gasteiger partial charge is 0.469 e. The van der Waals surface area contributed by atoms with Crippen molar-refractivity contribution in [2.45, 2.75) is 99.0 Å². The molecule has 0 unspecified atom stereocenters. The van der Waals surface area contributed by atoms with Crippen LogP contribution in [0.5, 0.6) is 0 Å². The van der Waals surface area contributed by atoms with Crippen LogP contribution >= 0.6 is 0 Å². The van der Waals surface area contributed by atoms with E-state index < -0.39 is 16.4 Å². The molecule has 4 heteroatoms. The molecule has 6 atom stereocenters. The Morgan fingerprint density at radius 3 is 2.27 bits per heavy atom. The Labute approximate surface area is 199 Å². The number of esters is 2. The number of allylic oxidation sites excluding steroid dienone is 3. The van der Waals surface area contributed by atoms with E-state index in [1.807, 2.05) is 0 Å². The Morgan fingerprint density at radius 1 is 0.939 bits per heavy atom. The number of methoxy groups -OCH3 is 1. The molecule has 0 aromatic heterocycles. The normalized spacial score (nSPS) is 47.1. The first-order valence-electron chi connectivity index (χ1n) is 12.9. The summed E-state index contributed by atoms with van der Waals surface area (Å²) < 4.78 is 11.7. The first-order valence-corrected chi connectivity index (χ1v) is 12.9. The fourth-order valence-corrected chi connectivity index (χ4v) is 9.05. The lowest BCUT2D eigenvalue weighted by Crippen LogP contribution is -2.60. The van der Waals surface area contributed by atoms with E-state index in [0.29, 0.717) is 0 Å². The molecule has 33 heavy (non-hydrogen) atoms. The summed E-state index contributed by atoms with van der Waals surface area (Å²) in [5, 5.41) is 0.